The van der Waals surface area contributed by atoms with Gasteiger partial charge in [-0.1, -0.05) is 6.07 Å². The van der Waals surface area contributed by atoms with E-state index in [0.29, 0.717) is 19.7 Å². The van der Waals surface area contributed by atoms with Crippen molar-refractivity contribution in [1.29, 1.82) is 0 Å². The zero-order chi connectivity index (χ0) is 17.5. The first-order valence-corrected chi connectivity index (χ1v) is 9.67. The topological polar surface area (TPSA) is 45.7 Å². The Morgan fingerprint density at radius 2 is 2.36 bits per heavy atom. The van der Waals surface area contributed by atoms with Crippen LogP contribution in [-0.2, 0) is 16.1 Å². The molecule has 0 bridgehead atoms. The number of amides is 1. The smallest absolute Gasteiger partial charge is 0.227 e. The number of piperidine rings is 1. The molecule has 3 rings (SSSR count). The fourth-order valence-electron chi connectivity index (χ4n) is 3.26. The van der Waals surface area contributed by atoms with Crippen LogP contribution in [0.15, 0.2) is 41.2 Å². The predicted octanol–water partition coefficient (Wildman–Crippen LogP) is 3.03. The summed E-state index contributed by atoms with van der Waals surface area (Å²) in [4.78, 5) is 21.7. The summed E-state index contributed by atoms with van der Waals surface area (Å²) in [6, 6.07) is 8.01. The van der Waals surface area contributed by atoms with Crippen LogP contribution in [0.2, 0.25) is 0 Å². The van der Waals surface area contributed by atoms with Crippen LogP contribution in [0.4, 0.5) is 5.82 Å². The molecule has 6 heteroatoms. The van der Waals surface area contributed by atoms with Crippen molar-refractivity contribution in [2.45, 2.75) is 19.4 Å². The number of hydrogen-bond acceptors (Lipinski definition) is 5. The highest BCUT2D eigenvalue weighted by atomic mass is 32.1. The lowest BCUT2D eigenvalue weighted by Gasteiger charge is -2.35. The number of pyridine rings is 1. The third-order valence-electron chi connectivity index (χ3n) is 4.57. The van der Waals surface area contributed by atoms with E-state index in [1.54, 1.807) is 18.4 Å². The molecule has 0 aliphatic carbocycles. The quantitative estimate of drug-likeness (QED) is 0.762. The number of aromatic nitrogens is 1. The van der Waals surface area contributed by atoms with Crippen LogP contribution in [-0.4, -0.2) is 49.1 Å². The SMILES string of the molecule is COCCN(Cc1ccsc1)C(=O)[C@H]1CCCN(c2ccccn2)C1. The van der Waals surface area contributed by atoms with Crippen LogP contribution < -0.4 is 4.90 Å². The molecule has 1 amide bonds. The van der Waals surface area contributed by atoms with Gasteiger partial charge in [-0.15, -0.1) is 0 Å². The van der Waals surface area contributed by atoms with Crippen LogP contribution in [0.25, 0.3) is 0 Å². The molecule has 0 spiro atoms. The normalized spacial score (nSPS) is 17.5. The molecule has 0 unspecified atom stereocenters. The Bertz CT molecular complexity index is 648. The van der Waals surface area contributed by atoms with Gasteiger partial charge in [0, 0.05) is 39.5 Å². The van der Waals surface area contributed by atoms with Crippen LogP contribution in [0.5, 0.6) is 0 Å². The van der Waals surface area contributed by atoms with E-state index >= 15 is 0 Å². The van der Waals surface area contributed by atoms with E-state index in [1.807, 2.05) is 29.3 Å². The molecule has 25 heavy (non-hydrogen) atoms. The van der Waals surface area contributed by atoms with Crippen molar-refractivity contribution in [3.05, 3.63) is 46.8 Å². The number of thiophene rings is 1. The first-order valence-electron chi connectivity index (χ1n) is 8.72. The summed E-state index contributed by atoms with van der Waals surface area (Å²) in [6.45, 7) is 3.55. The molecule has 2 aromatic rings. The summed E-state index contributed by atoms with van der Waals surface area (Å²) in [5.74, 6) is 1.21. The van der Waals surface area contributed by atoms with E-state index in [0.717, 1.165) is 31.7 Å². The van der Waals surface area contributed by atoms with Crippen LogP contribution in [0, 0.1) is 5.92 Å². The third-order valence-corrected chi connectivity index (χ3v) is 5.31. The monoisotopic (exact) mass is 359 g/mol. The van der Waals surface area contributed by atoms with E-state index < -0.39 is 0 Å². The molecule has 134 valence electrons. The van der Waals surface area contributed by atoms with Gasteiger partial charge in [-0.3, -0.25) is 4.79 Å². The molecule has 1 atom stereocenters. The minimum absolute atomic E-state index is 0.0197. The molecule has 1 aliphatic heterocycles. The maximum absolute atomic E-state index is 13.1. The largest absolute Gasteiger partial charge is 0.383 e. The fraction of sp³-hybridized carbons (Fsp3) is 0.474. The Balaban J connectivity index is 1.67. The summed E-state index contributed by atoms with van der Waals surface area (Å²) in [7, 11) is 1.68. The Kier molecular flexibility index (Phi) is 6.42. The van der Waals surface area contributed by atoms with E-state index in [4.69, 9.17) is 4.74 Å². The number of ether oxygens (including phenoxy) is 1. The highest BCUT2D eigenvalue weighted by molar-refractivity contribution is 7.07. The number of anilines is 1. The fourth-order valence-corrected chi connectivity index (χ4v) is 3.92. The highest BCUT2D eigenvalue weighted by Gasteiger charge is 2.29. The van der Waals surface area contributed by atoms with Gasteiger partial charge in [0.2, 0.25) is 5.91 Å². The average molecular weight is 359 g/mol. The zero-order valence-corrected chi connectivity index (χ0v) is 15.5. The maximum Gasteiger partial charge on any atom is 0.227 e. The van der Waals surface area contributed by atoms with Gasteiger partial charge >= 0.3 is 0 Å². The average Bonchev–Trinajstić information content (AvgIpc) is 3.18. The van der Waals surface area contributed by atoms with Crippen molar-refractivity contribution >= 4 is 23.1 Å². The van der Waals surface area contributed by atoms with Gasteiger partial charge < -0.3 is 14.5 Å². The number of rotatable bonds is 7. The van der Waals surface area contributed by atoms with E-state index in [1.165, 1.54) is 5.56 Å². The van der Waals surface area contributed by atoms with Crippen molar-refractivity contribution in [3.63, 3.8) is 0 Å². The minimum Gasteiger partial charge on any atom is -0.383 e. The first-order chi connectivity index (χ1) is 12.3. The summed E-state index contributed by atoms with van der Waals surface area (Å²) in [6.07, 6.45) is 3.76. The van der Waals surface area contributed by atoms with Crippen molar-refractivity contribution < 1.29 is 9.53 Å². The van der Waals surface area contributed by atoms with Gasteiger partial charge in [0.1, 0.15) is 5.82 Å². The van der Waals surface area contributed by atoms with E-state index in [2.05, 4.69) is 26.7 Å². The lowest BCUT2D eigenvalue weighted by molar-refractivity contribution is -0.137. The standard InChI is InChI=1S/C19H25N3O2S/c1-24-11-10-22(13-16-7-12-25-15-16)19(23)17-5-4-9-21(14-17)18-6-2-3-8-20-18/h2-3,6-8,12,15,17H,4-5,9-11,13-14H2,1H3/t17-/m0/s1. The minimum atomic E-state index is 0.0197. The number of hydrogen-bond donors (Lipinski definition) is 0. The van der Waals surface area contributed by atoms with E-state index in [-0.39, 0.29) is 11.8 Å². The molecule has 0 saturated carbocycles. The van der Waals surface area contributed by atoms with Gasteiger partial charge in [0.25, 0.3) is 0 Å². The molecule has 0 aromatic carbocycles. The van der Waals surface area contributed by atoms with Gasteiger partial charge in [0.05, 0.1) is 12.5 Å². The molecule has 1 saturated heterocycles. The summed E-state index contributed by atoms with van der Waals surface area (Å²) in [5, 5.41) is 4.16. The second kappa shape index (κ2) is 8.97. The molecular weight excluding hydrogens is 334 g/mol. The molecular formula is C19H25N3O2S. The second-order valence-electron chi connectivity index (χ2n) is 6.36. The molecule has 0 N–H and O–H groups in total. The van der Waals surface area contributed by atoms with Crippen molar-refractivity contribution in [2.24, 2.45) is 5.92 Å². The van der Waals surface area contributed by atoms with Gasteiger partial charge in [-0.25, -0.2) is 4.98 Å². The Morgan fingerprint density at radius 3 is 3.08 bits per heavy atom. The van der Waals surface area contributed by atoms with Gasteiger partial charge in [-0.05, 0) is 47.4 Å². The zero-order valence-electron chi connectivity index (χ0n) is 14.6. The van der Waals surface area contributed by atoms with Crippen molar-refractivity contribution in [2.75, 3.05) is 38.3 Å². The lowest BCUT2D eigenvalue weighted by atomic mass is 9.96. The van der Waals surface area contributed by atoms with Crippen molar-refractivity contribution in [3.8, 4) is 0 Å². The van der Waals surface area contributed by atoms with Crippen LogP contribution >= 0.6 is 11.3 Å². The van der Waals surface area contributed by atoms with Gasteiger partial charge in [-0.2, -0.15) is 11.3 Å². The summed E-state index contributed by atoms with van der Waals surface area (Å²) < 4.78 is 5.21. The Hall–Kier alpha value is -1.92. The van der Waals surface area contributed by atoms with Gasteiger partial charge in [0.15, 0.2) is 0 Å². The molecule has 5 nitrogen and oxygen atoms in total. The Morgan fingerprint density at radius 1 is 1.44 bits per heavy atom. The van der Waals surface area contributed by atoms with Crippen LogP contribution in [0.1, 0.15) is 18.4 Å². The van der Waals surface area contributed by atoms with Crippen molar-refractivity contribution in [1.82, 2.24) is 9.88 Å². The molecule has 3 heterocycles. The number of carbonyl (C=O) groups is 1. The summed E-state index contributed by atoms with van der Waals surface area (Å²) >= 11 is 1.66. The maximum atomic E-state index is 13.1. The predicted molar refractivity (Wildman–Crippen MR) is 101 cm³/mol. The summed E-state index contributed by atoms with van der Waals surface area (Å²) in [5.41, 5.74) is 1.19. The third kappa shape index (κ3) is 4.80. The second-order valence-corrected chi connectivity index (χ2v) is 7.14. The van der Waals surface area contributed by atoms with Crippen LogP contribution in [0.3, 0.4) is 0 Å². The molecule has 2 aromatic heterocycles. The Labute approximate surface area is 153 Å². The van der Waals surface area contributed by atoms with E-state index in [9.17, 15) is 4.79 Å². The molecule has 1 aliphatic rings. The number of carbonyl (C=O) groups excluding carboxylic acids is 1. The first kappa shape index (κ1) is 17.9. The lowest BCUT2D eigenvalue weighted by Crippen LogP contribution is -2.45. The molecule has 1 fully saturated rings. The number of nitrogens with zero attached hydrogens (tertiary/aromatic N) is 3. The number of methoxy groups -OCH3 is 1. The molecule has 0 radical (unpaired) electrons. The highest BCUT2D eigenvalue weighted by Crippen LogP contribution is 2.23.